The van der Waals surface area contributed by atoms with Gasteiger partial charge in [0.05, 0.1) is 10.0 Å². The van der Waals surface area contributed by atoms with Crippen molar-refractivity contribution in [2.24, 2.45) is 5.92 Å². The molecule has 0 aromatic heterocycles. The van der Waals surface area contributed by atoms with E-state index in [1.807, 2.05) is 18.2 Å². The lowest BCUT2D eigenvalue weighted by Crippen LogP contribution is -2.06. The fourth-order valence-electron chi connectivity index (χ4n) is 2.08. The molecule has 0 saturated heterocycles. The Balaban J connectivity index is 1.81. The lowest BCUT2D eigenvalue weighted by atomic mass is 10.1. The van der Waals surface area contributed by atoms with E-state index in [0.29, 0.717) is 21.7 Å². The van der Waals surface area contributed by atoms with Gasteiger partial charge in [0, 0.05) is 17.2 Å². The lowest BCUT2D eigenvalue weighted by Gasteiger charge is -2.07. The number of ketones is 1. The average molecular weight is 289 g/mol. The maximum Gasteiger partial charge on any atom is 0.136 e. The Bertz CT molecular complexity index is 420. The van der Waals surface area contributed by atoms with Crippen molar-refractivity contribution in [1.82, 2.24) is 0 Å². The Morgan fingerprint density at radius 3 is 2.76 bits per heavy atom. The molecule has 1 unspecified atom stereocenters. The molecular formula is C13H14Cl2OS. The number of halogens is 2. The summed E-state index contributed by atoms with van der Waals surface area (Å²) >= 11 is 13.5. The highest BCUT2D eigenvalue weighted by Crippen LogP contribution is 2.31. The highest BCUT2D eigenvalue weighted by molar-refractivity contribution is 7.99. The van der Waals surface area contributed by atoms with Gasteiger partial charge in [-0.25, -0.2) is 0 Å². The van der Waals surface area contributed by atoms with Crippen molar-refractivity contribution in [1.29, 1.82) is 0 Å². The predicted octanol–water partition coefficient (Wildman–Crippen LogP) is 4.84. The fraction of sp³-hybridized carbons (Fsp3) is 0.462. The SMILES string of the molecule is O=C1CCCC1CCSc1ccc(Cl)c(Cl)c1. The zero-order chi connectivity index (χ0) is 12.3. The van der Waals surface area contributed by atoms with Crippen LogP contribution in [0, 0.1) is 5.92 Å². The molecule has 1 fully saturated rings. The van der Waals surface area contributed by atoms with Crippen molar-refractivity contribution in [2.75, 3.05) is 5.75 Å². The van der Waals surface area contributed by atoms with Gasteiger partial charge in [-0.3, -0.25) is 4.79 Å². The predicted molar refractivity (Wildman–Crippen MR) is 74.2 cm³/mol. The van der Waals surface area contributed by atoms with E-state index >= 15 is 0 Å². The summed E-state index contributed by atoms with van der Waals surface area (Å²) in [5.41, 5.74) is 0. The first-order chi connectivity index (χ1) is 8.16. The average Bonchev–Trinajstić information content (AvgIpc) is 2.70. The third-order valence-corrected chi connectivity index (χ3v) is 4.82. The van der Waals surface area contributed by atoms with Crippen LogP contribution < -0.4 is 0 Å². The Labute approximate surface area is 116 Å². The van der Waals surface area contributed by atoms with Gasteiger partial charge in [-0.05, 0) is 43.2 Å². The van der Waals surface area contributed by atoms with Gasteiger partial charge >= 0.3 is 0 Å². The summed E-state index contributed by atoms with van der Waals surface area (Å²) < 4.78 is 0. The van der Waals surface area contributed by atoms with E-state index in [0.717, 1.165) is 36.3 Å². The van der Waals surface area contributed by atoms with Crippen LogP contribution in [0.4, 0.5) is 0 Å². The second-order valence-electron chi connectivity index (χ2n) is 4.27. The van der Waals surface area contributed by atoms with Crippen molar-refractivity contribution < 1.29 is 4.79 Å². The first kappa shape index (κ1) is 13.3. The van der Waals surface area contributed by atoms with E-state index in [9.17, 15) is 4.79 Å². The van der Waals surface area contributed by atoms with E-state index in [4.69, 9.17) is 23.2 Å². The zero-order valence-corrected chi connectivity index (χ0v) is 11.7. The molecule has 0 N–H and O–H groups in total. The third-order valence-electron chi connectivity index (χ3n) is 3.06. The monoisotopic (exact) mass is 288 g/mol. The minimum Gasteiger partial charge on any atom is -0.299 e. The molecule has 1 saturated carbocycles. The molecule has 2 rings (SSSR count). The lowest BCUT2D eigenvalue weighted by molar-refractivity contribution is -0.120. The number of hydrogen-bond donors (Lipinski definition) is 0. The van der Waals surface area contributed by atoms with Crippen molar-refractivity contribution in [3.05, 3.63) is 28.2 Å². The van der Waals surface area contributed by atoms with Gasteiger partial charge in [0.25, 0.3) is 0 Å². The minimum absolute atomic E-state index is 0.297. The van der Waals surface area contributed by atoms with Crippen molar-refractivity contribution in [3.8, 4) is 0 Å². The Hall–Kier alpha value is -0.180. The molecule has 0 bridgehead atoms. The van der Waals surface area contributed by atoms with Gasteiger partial charge in [0.15, 0.2) is 0 Å². The van der Waals surface area contributed by atoms with Crippen LogP contribution in [0.15, 0.2) is 23.1 Å². The summed E-state index contributed by atoms with van der Waals surface area (Å²) in [4.78, 5) is 12.6. The van der Waals surface area contributed by atoms with Crippen LogP contribution in [0.5, 0.6) is 0 Å². The van der Waals surface area contributed by atoms with E-state index < -0.39 is 0 Å². The van der Waals surface area contributed by atoms with Gasteiger partial charge in [0.2, 0.25) is 0 Å². The summed E-state index contributed by atoms with van der Waals surface area (Å²) in [7, 11) is 0. The van der Waals surface area contributed by atoms with Gasteiger partial charge in [0.1, 0.15) is 5.78 Å². The van der Waals surface area contributed by atoms with Crippen LogP contribution in [-0.4, -0.2) is 11.5 Å². The number of thioether (sulfide) groups is 1. The van der Waals surface area contributed by atoms with Crippen LogP contribution >= 0.6 is 35.0 Å². The molecule has 1 atom stereocenters. The van der Waals surface area contributed by atoms with E-state index in [1.54, 1.807) is 11.8 Å². The number of carbonyl (C=O) groups is 1. The number of rotatable bonds is 4. The molecule has 0 radical (unpaired) electrons. The first-order valence-electron chi connectivity index (χ1n) is 5.77. The topological polar surface area (TPSA) is 17.1 Å². The van der Waals surface area contributed by atoms with Crippen molar-refractivity contribution in [2.45, 2.75) is 30.6 Å². The van der Waals surface area contributed by atoms with Gasteiger partial charge in [-0.15, -0.1) is 11.8 Å². The van der Waals surface area contributed by atoms with Crippen molar-refractivity contribution in [3.63, 3.8) is 0 Å². The summed E-state index contributed by atoms with van der Waals surface area (Å²) in [6, 6.07) is 5.66. The molecule has 1 aromatic carbocycles. The molecule has 92 valence electrons. The highest BCUT2D eigenvalue weighted by atomic mass is 35.5. The summed E-state index contributed by atoms with van der Waals surface area (Å²) in [6.45, 7) is 0. The van der Waals surface area contributed by atoms with Gasteiger partial charge < -0.3 is 0 Å². The highest BCUT2D eigenvalue weighted by Gasteiger charge is 2.23. The maximum atomic E-state index is 11.5. The molecule has 0 amide bonds. The Morgan fingerprint density at radius 1 is 1.29 bits per heavy atom. The number of carbonyl (C=O) groups excluding carboxylic acids is 1. The van der Waals surface area contributed by atoms with E-state index in [1.165, 1.54) is 0 Å². The zero-order valence-electron chi connectivity index (χ0n) is 9.42. The molecule has 4 heteroatoms. The van der Waals surface area contributed by atoms with E-state index in [-0.39, 0.29) is 0 Å². The molecular weight excluding hydrogens is 275 g/mol. The van der Waals surface area contributed by atoms with Crippen LogP contribution in [0.2, 0.25) is 10.0 Å². The number of hydrogen-bond acceptors (Lipinski definition) is 2. The summed E-state index contributed by atoms with van der Waals surface area (Å²) in [6.07, 6.45) is 3.90. The quantitative estimate of drug-likeness (QED) is 0.737. The minimum atomic E-state index is 0.297. The molecule has 0 spiro atoms. The van der Waals surface area contributed by atoms with Crippen LogP contribution in [0.1, 0.15) is 25.7 Å². The van der Waals surface area contributed by atoms with Crippen molar-refractivity contribution >= 4 is 40.7 Å². The molecule has 0 aliphatic heterocycles. The van der Waals surface area contributed by atoms with Crippen LogP contribution in [0.3, 0.4) is 0 Å². The van der Waals surface area contributed by atoms with E-state index in [2.05, 4.69) is 0 Å². The third kappa shape index (κ3) is 3.64. The molecule has 1 aromatic rings. The van der Waals surface area contributed by atoms with Gasteiger partial charge in [-0.1, -0.05) is 23.2 Å². The Morgan fingerprint density at radius 2 is 2.12 bits per heavy atom. The fourth-order valence-corrected chi connectivity index (χ4v) is 3.45. The number of Topliss-reactive ketones (excluding diaryl/α,β-unsaturated/α-hetero) is 1. The van der Waals surface area contributed by atoms with Crippen LogP contribution in [0.25, 0.3) is 0 Å². The molecule has 1 aliphatic rings. The van der Waals surface area contributed by atoms with Gasteiger partial charge in [-0.2, -0.15) is 0 Å². The summed E-state index contributed by atoms with van der Waals surface area (Å²) in [5, 5.41) is 1.18. The first-order valence-corrected chi connectivity index (χ1v) is 7.51. The second-order valence-corrected chi connectivity index (χ2v) is 6.25. The molecule has 17 heavy (non-hydrogen) atoms. The molecule has 0 heterocycles. The normalized spacial score (nSPS) is 19.9. The second kappa shape index (κ2) is 6.12. The van der Waals surface area contributed by atoms with Crippen LogP contribution in [-0.2, 0) is 4.79 Å². The smallest absolute Gasteiger partial charge is 0.136 e. The summed E-state index contributed by atoms with van der Waals surface area (Å²) in [5.74, 6) is 1.71. The Kier molecular flexibility index (Phi) is 4.78. The number of benzene rings is 1. The standard InChI is InChI=1S/C13H14Cl2OS/c14-11-5-4-10(8-12(11)15)17-7-6-9-2-1-3-13(9)16/h4-5,8-9H,1-3,6-7H2. The largest absolute Gasteiger partial charge is 0.299 e. The maximum absolute atomic E-state index is 11.5. The molecule has 1 aliphatic carbocycles. The molecule has 1 nitrogen and oxygen atoms in total.